The van der Waals surface area contributed by atoms with Gasteiger partial charge in [-0.15, -0.1) is 0 Å². The molecule has 2 aromatic carbocycles. The van der Waals surface area contributed by atoms with Crippen LogP contribution in [0.15, 0.2) is 54.6 Å². The molecular formula is C17H17NOS. The molecule has 0 radical (unpaired) electrons. The van der Waals surface area contributed by atoms with Crippen LogP contribution < -0.4 is 4.74 Å². The van der Waals surface area contributed by atoms with E-state index in [9.17, 15) is 0 Å². The Morgan fingerprint density at radius 3 is 2.35 bits per heavy atom. The molecule has 1 atom stereocenters. The first-order chi connectivity index (χ1) is 9.83. The van der Waals surface area contributed by atoms with E-state index in [2.05, 4.69) is 30.8 Å². The number of thiol groups is 1. The maximum Gasteiger partial charge on any atom is 0.119 e. The molecule has 2 rings (SSSR count). The highest BCUT2D eigenvalue weighted by molar-refractivity contribution is 7.80. The van der Waals surface area contributed by atoms with Crippen molar-refractivity contribution >= 4 is 12.6 Å². The van der Waals surface area contributed by atoms with Crippen LogP contribution >= 0.6 is 12.6 Å². The van der Waals surface area contributed by atoms with Crippen LogP contribution in [-0.2, 0) is 6.42 Å². The lowest BCUT2D eigenvalue weighted by Crippen LogP contribution is -2.11. The Morgan fingerprint density at radius 1 is 1.05 bits per heavy atom. The zero-order valence-electron chi connectivity index (χ0n) is 11.2. The van der Waals surface area contributed by atoms with E-state index in [4.69, 9.17) is 10.00 Å². The SMILES string of the molecule is N#CCc1ccc(OCC(CS)c2ccccc2)cc1. The van der Waals surface area contributed by atoms with Gasteiger partial charge in [-0.25, -0.2) is 0 Å². The van der Waals surface area contributed by atoms with E-state index in [1.165, 1.54) is 5.56 Å². The fourth-order valence-electron chi connectivity index (χ4n) is 1.97. The van der Waals surface area contributed by atoms with Gasteiger partial charge in [-0.1, -0.05) is 42.5 Å². The Bertz CT molecular complexity index is 560. The van der Waals surface area contributed by atoms with Crippen LogP contribution in [0.25, 0.3) is 0 Å². The van der Waals surface area contributed by atoms with E-state index in [-0.39, 0.29) is 5.92 Å². The smallest absolute Gasteiger partial charge is 0.119 e. The number of benzene rings is 2. The average molecular weight is 283 g/mol. The van der Waals surface area contributed by atoms with Crippen LogP contribution in [0.5, 0.6) is 5.75 Å². The monoisotopic (exact) mass is 283 g/mol. The van der Waals surface area contributed by atoms with E-state index in [1.807, 2.05) is 42.5 Å². The molecule has 2 nitrogen and oxygen atoms in total. The summed E-state index contributed by atoms with van der Waals surface area (Å²) in [6, 6.07) is 20.1. The Morgan fingerprint density at radius 2 is 1.75 bits per heavy atom. The Kier molecular flexibility index (Phi) is 5.52. The number of hydrogen-bond donors (Lipinski definition) is 1. The lowest BCUT2D eigenvalue weighted by Gasteiger charge is -2.16. The second-order valence-electron chi connectivity index (χ2n) is 4.58. The predicted octanol–water partition coefficient (Wildman–Crippen LogP) is 3.85. The van der Waals surface area contributed by atoms with Crippen molar-refractivity contribution in [3.8, 4) is 11.8 Å². The van der Waals surface area contributed by atoms with E-state index in [1.54, 1.807) is 0 Å². The molecule has 0 fully saturated rings. The summed E-state index contributed by atoms with van der Waals surface area (Å²) in [5, 5.41) is 8.63. The van der Waals surface area contributed by atoms with Gasteiger partial charge in [0.1, 0.15) is 5.75 Å². The summed E-state index contributed by atoms with van der Waals surface area (Å²) < 4.78 is 5.81. The van der Waals surface area contributed by atoms with E-state index in [0.29, 0.717) is 13.0 Å². The number of ether oxygens (including phenoxy) is 1. The molecule has 0 N–H and O–H groups in total. The lowest BCUT2D eigenvalue weighted by atomic mass is 10.0. The summed E-state index contributed by atoms with van der Waals surface area (Å²) in [5.74, 6) is 1.85. The largest absolute Gasteiger partial charge is 0.493 e. The Labute approximate surface area is 125 Å². The summed E-state index contributed by atoms with van der Waals surface area (Å²) in [5.41, 5.74) is 2.25. The first-order valence-corrected chi connectivity index (χ1v) is 7.21. The zero-order chi connectivity index (χ0) is 14.2. The Hall–Kier alpha value is -1.92. The van der Waals surface area contributed by atoms with Crippen LogP contribution in [-0.4, -0.2) is 12.4 Å². The van der Waals surface area contributed by atoms with Crippen molar-refractivity contribution < 1.29 is 4.74 Å². The molecule has 0 heterocycles. The lowest BCUT2D eigenvalue weighted by molar-refractivity contribution is 0.297. The second kappa shape index (κ2) is 7.62. The summed E-state index contributed by atoms with van der Waals surface area (Å²) >= 11 is 4.40. The normalized spacial score (nSPS) is 11.6. The maximum absolute atomic E-state index is 8.63. The molecule has 20 heavy (non-hydrogen) atoms. The summed E-state index contributed by atoms with van der Waals surface area (Å²) in [7, 11) is 0. The van der Waals surface area contributed by atoms with Gasteiger partial charge in [0.15, 0.2) is 0 Å². The van der Waals surface area contributed by atoms with Gasteiger partial charge in [0, 0.05) is 11.7 Å². The van der Waals surface area contributed by atoms with Gasteiger partial charge in [-0.3, -0.25) is 0 Å². The van der Waals surface area contributed by atoms with Gasteiger partial charge in [0.25, 0.3) is 0 Å². The maximum atomic E-state index is 8.63. The van der Waals surface area contributed by atoms with E-state index >= 15 is 0 Å². The number of nitriles is 1. The standard InChI is InChI=1S/C17H17NOS/c18-11-10-14-6-8-17(9-7-14)19-12-16(13-20)15-4-2-1-3-5-15/h1-9,16,20H,10,12-13H2. The fraction of sp³-hybridized carbons (Fsp3) is 0.235. The minimum Gasteiger partial charge on any atom is -0.493 e. The molecule has 3 heteroatoms. The fourth-order valence-corrected chi connectivity index (χ4v) is 2.29. The van der Waals surface area contributed by atoms with E-state index in [0.717, 1.165) is 17.1 Å². The molecule has 0 aliphatic carbocycles. The van der Waals surface area contributed by atoms with Crippen molar-refractivity contribution in [1.82, 2.24) is 0 Å². The topological polar surface area (TPSA) is 33.0 Å². The minimum atomic E-state index is 0.276. The van der Waals surface area contributed by atoms with Gasteiger partial charge in [-0.2, -0.15) is 17.9 Å². The van der Waals surface area contributed by atoms with Gasteiger partial charge in [0.2, 0.25) is 0 Å². The molecule has 0 aromatic heterocycles. The molecule has 0 aliphatic rings. The summed E-state index contributed by atoms with van der Waals surface area (Å²) in [4.78, 5) is 0. The third kappa shape index (κ3) is 4.04. The molecule has 0 amide bonds. The molecule has 0 aliphatic heterocycles. The number of hydrogen-bond acceptors (Lipinski definition) is 3. The van der Waals surface area contributed by atoms with Crippen molar-refractivity contribution in [2.24, 2.45) is 0 Å². The first kappa shape index (κ1) is 14.5. The molecule has 0 spiro atoms. The highest BCUT2D eigenvalue weighted by Gasteiger charge is 2.10. The number of nitrogens with zero attached hydrogens (tertiary/aromatic N) is 1. The molecule has 2 aromatic rings. The molecule has 0 saturated carbocycles. The minimum absolute atomic E-state index is 0.276. The molecular weight excluding hydrogens is 266 g/mol. The van der Waals surface area contributed by atoms with Gasteiger partial charge < -0.3 is 4.74 Å². The van der Waals surface area contributed by atoms with Crippen molar-refractivity contribution in [3.05, 3.63) is 65.7 Å². The Balaban J connectivity index is 1.95. The highest BCUT2D eigenvalue weighted by atomic mass is 32.1. The molecule has 1 unspecified atom stereocenters. The summed E-state index contributed by atoms with van der Waals surface area (Å²) in [6.45, 7) is 0.602. The van der Waals surface area contributed by atoms with E-state index < -0.39 is 0 Å². The van der Waals surface area contributed by atoms with Gasteiger partial charge in [-0.05, 0) is 23.3 Å². The van der Waals surface area contributed by atoms with Crippen LogP contribution in [0.1, 0.15) is 17.0 Å². The van der Waals surface area contributed by atoms with Gasteiger partial charge in [0.05, 0.1) is 19.1 Å². The predicted molar refractivity (Wildman–Crippen MR) is 84.3 cm³/mol. The van der Waals surface area contributed by atoms with Crippen LogP contribution in [0.2, 0.25) is 0 Å². The zero-order valence-corrected chi connectivity index (χ0v) is 12.1. The molecule has 0 saturated heterocycles. The quantitative estimate of drug-likeness (QED) is 0.817. The van der Waals surface area contributed by atoms with Crippen LogP contribution in [0.3, 0.4) is 0 Å². The molecule has 0 bridgehead atoms. The van der Waals surface area contributed by atoms with Crippen molar-refractivity contribution in [3.63, 3.8) is 0 Å². The van der Waals surface area contributed by atoms with Crippen molar-refractivity contribution in [2.75, 3.05) is 12.4 Å². The third-order valence-corrected chi connectivity index (χ3v) is 3.59. The van der Waals surface area contributed by atoms with Gasteiger partial charge >= 0.3 is 0 Å². The highest BCUT2D eigenvalue weighted by Crippen LogP contribution is 2.20. The van der Waals surface area contributed by atoms with Crippen molar-refractivity contribution in [1.29, 1.82) is 5.26 Å². The average Bonchev–Trinajstić information content (AvgIpc) is 2.51. The third-order valence-electron chi connectivity index (χ3n) is 3.15. The molecule has 102 valence electrons. The van der Waals surface area contributed by atoms with Crippen LogP contribution in [0, 0.1) is 11.3 Å². The first-order valence-electron chi connectivity index (χ1n) is 6.58. The van der Waals surface area contributed by atoms with Crippen LogP contribution in [0.4, 0.5) is 0 Å². The number of rotatable bonds is 6. The second-order valence-corrected chi connectivity index (χ2v) is 4.95. The van der Waals surface area contributed by atoms with Crippen molar-refractivity contribution in [2.45, 2.75) is 12.3 Å². The summed E-state index contributed by atoms with van der Waals surface area (Å²) in [6.07, 6.45) is 0.434.